The molecule has 0 amide bonds. The molecule has 0 heterocycles. The van der Waals surface area contributed by atoms with Crippen LogP contribution in [-0.4, -0.2) is 27.1 Å². The molecule has 0 saturated carbocycles. The third-order valence-electron chi connectivity index (χ3n) is 5.34. The van der Waals surface area contributed by atoms with Crippen LogP contribution in [0.15, 0.2) is 66.7 Å². The smallest absolute Gasteiger partial charge is 0.189 e. The molecule has 33 heavy (non-hydrogen) atoms. The molecule has 0 radical (unpaired) electrons. The molecular weight excluding hydrogens is 416 g/mol. The Morgan fingerprint density at radius 3 is 2.12 bits per heavy atom. The maximum Gasteiger partial charge on any atom is 0.189 e. The van der Waals surface area contributed by atoms with E-state index in [2.05, 4.69) is 26.0 Å². The second-order valence-electron chi connectivity index (χ2n) is 7.85. The van der Waals surface area contributed by atoms with Crippen LogP contribution in [0.5, 0.6) is 23.0 Å². The van der Waals surface area contributed by atoms with E-state index in [1.54, 1.807) is 38.5 Å². The van der Waals surface area contributed by atoms with Gasteiger partial charge in [-0.25, -0.2) is 0 Å². The number of carbonyl (C=O) groups is 1. The van der Waals surface area contributed by atoms with E-state index in [9.17, 15) is 4.79 Å². The van der Waals surface area contributed by atoms with Gasteiger partial charge in [0.25, 0.3) is 0 Å². The van der Waals surface area contributed by atoms with E-state index in [1.165, 1.54) is 18.7 Å². The number of methoxy groups -OCH3 is 3. The van der Waals surface area contributed by atoms with Gasteiger partial charge in [0.05, 0.1) is 26.9 Å². The fourth-order valence-electron chi connectivity index (χ4n) is 3.39. The molecule has 172 valence electrons. The Hall–Kier alpha value is -3.73. The van der Waals surface area contributed by atoms with Crippen LogP contribution in [0.25, 0.3) is 6.08 Å². The minimum absolute atomic E-state index is 0.176. The number of benzene rings is 3. The fourth-order valence-corrected chi connectivity index (χ4v) is 3.39. The van der Waals surface area contributed by atoms with E-state index in [0.29, 0.717) is 29.6 Å². The first-order valence-electron chi connectivity index (χ1n) is 10.8. The minimum Gasteiger partial charge on any atom is -0.497 e. The average molecular weight is 447 g/mol. The molecule has 0 bridgehead atoms. The van der Waals surface area contributed by atoms with Crippen molar-refractivity contribution in [2.75, 3.05) is 21.3 Å². The lowest BCUT2D eigenvalue weighted by Crippen LogP contribution is -2.01. The molecule has 0 aliphatic rings. The summed E-state index contributed by atoms with van der Waals surface area (Å²) >= 11 is 0. The molecule has 3 aromatic rings. The van der Waals surface area contributed by atoms with Gasteiger partial charge < -0.3 is 18.9 Å². The highest BCUT2D eigenvalue weighted by Gasteiger charge is 2.12. The summed E-state index contributed by atoms with van der Waals surface area (Å²) in [6, 6.07) is 19.0. The SMILES string of the molecule is COc1ccc(OC)c(C(=O)/C=C/c2ccc(OC)c(COc3ccc(C(C)C)cc3)c2)c1. The van der Waals surface area contributed by atoms with Crippen LogP contribution in [0.2, 0.25) is 0 Å². The molecule has 5 heteroatoms. The van der Waals surface area contributed by atoms with Gasteiger partial charge >= 0.3 is 0 Å². The van der Waals surface area contributed by atoms with E-state index >= 15 is 0 Å². The maximum absolute atomic E-state index is 12.8. The number of ether oxygens (including phenoxy) is 4. The Balaban J connectivity index is 1.76. The third-order valence-corrected chi connectivity index (χ3v) is 5.34. The van der Waals surface area contributed by atoms with Crippen molar-refractivity contribution in [3.8, 4) is 23.0 Å². The van der Waals surface area contributed by atoms with Crippen LogP contribution in [0.1, 0.15) is 46.8 Å². The molecule has 0 N–H and O–H groups in total. The number of rotatable bonds is 10. The van der Waals surface area contributed by atoms with Gasteiger partial charge in [-0.2, -0.15) is 0 Å². The predicted molar refractivity (Wildman–Crippen MR) is 131 cm³/mol. The quantitative estimate of drug-likeness (QED) is 0.270. The van der Waals surface area contributed by atoms with Crippen LogP contribution < -0.4 is 18.9 Å². The summed E-state index contributed by atoms with van der Waals surface area (Å²) in [6.45, 7) is 4.67. The van der Waals surface area contributed by atoms with Crippen LogP contribution >= 0.6 is 0 Å². The summed E-state index contributed by atoms with van der Waals surface area (Å²) in [7, 11) is 4.73. The lowest BCUT2D eigenvalue weighted by Gasteiger charge is -2.12. The Kier molecular flexibility index (Phi) is 8.14. The average Bonchev–Trinajstić information content (AvgIpc) is 2.85. The molecule has 0 aromatic heterocycles. The van der Waals surface area contributed by atoms with Crippen molar-refractivity contribution in [1.29, 1.82) is 0 Å². The molecule has 0 aliphatic carbocycles. The van der Waals surface area contributed by atoms with Gasteiger partial charge in [-0.15, -0.1) is 0 Å². The largest absolute Gasteiger partial charge is 0.497 e. The summed E-state index contributed by atoms with van der Waals surface area (Å²) in [6.07, 6.45) is 3.29. The summed E-state index contributed by atoms with van der Waals surface area (Å²) in [5.41, 5.74) is 3.46. The predicted octanol–water partition coefficient (Wildman–Crippen LogP) is 6.31. The molecule has 0 atom stereocenters. The topological polar surface area (TPSA) is 54.0 Å². The standard InChI is InChI=1S/C28H30O5/c1-19(2)21-8-10-23(11-9-21)33-18-22-16-20(7-14-27(22)31-4)6-13-26(29)25-17-24(30-3)12-15-28(25)32-5/h6-17,19H,18H2,1-5H3/b13-6+. The van der Waals surface area contributed by atoms with Crippen LogP contribution in [0.4, 0.5) is 0 Å². The lowest BCUT2D eigenvalue weighted by molar-refractivity contribution is 0.104. The number of allylic oxidation sites excluding steroid dienone is 1. The Morgan fingerprint density at radius 2 is 1.48 bits per heavy atom. The molecule has 0 saturated heterocycles. The van der Waals surface area contributed by atoms with Crippen molar-refractivity contribution in [2.45, 2.75) is 26.4 Å². The molecular formula is C28H30O5. The highest BCUT2D eigenvalue weighted by molar-refractivity contribution is 6.08. The summed E-state index contributed by atoms with van der Waals surface area (Å²) in [4.78, 5) is 12.8. The van der Waals surface area contributed by atoms with Crippen molar-refractivity contribution in [3.63, 3.8) is 0 Å². The van der Waals surface area contributed by atoms with Gasteiger partial charge in [0.2, 0.25) is 0 Å². The summed E-state index contributed by atoms with van der Waals surface area (Å²) in [5, 5.41) is 0. The molecule has 0 fully saturated rings. The zero-order chi connectivity index (χ0) is 23.8. The van der Waals surface area contributed by atoms with E-state index in [-0.39, 0.29) is 5.78 Å². The van der Waals surface area contributed by atoms with E-state index < -0.39 is 0 Å². The normalized spacial score (nSPS) is 11.0. The maximum atomic E-state index is 12.8. The van der Waals surface area contributed by atoms with Gasteiger partial charge in [0.1, 0.15) is 29.6 Å². The highest BCUT2D eigenvalue weighted by Crippen LogP contribution is 2.26. The zero-order valence-corrected chi connectivity index (χ0v) is 19.8. The van der Waals surface area contributed by atoms with Crippen molar-refractivity contribution in [3.05, 3.63) is 89.0 Å². The van der Waals surface area contributed by atoms with Crippen molar-refractivity contribution < 1.29 is 23.7 Å². The monoisotopic (exact) mass is 446 g/mol. The van der Waals surface area contributed by atoms with E-state index in [1.807, 2.05) is 30.3 Å². The van der Waals surface area contributed by atoms with Gasteiger partial charge in [-0.1, -0.05) is 38.1 Å². The number of hydrogen-bond donors (Lipinski definition) is 0. The zero-order valence-electron chi connectivity index (χ0n) is 19.8. The lowest BCUT2D eigenvalue weighted by atomic mass is 10.0. The van der Waals surface area contributed by atoms with Gasteiger partial charge in [-0.3, -0.25) is 4.79 Å². The molecule has 0 aliphatic heterocycles. The Morgan fingerprint density at radius 1 is 0.818 bits per heavy atom. The van der Waals surface area contributed by atoms with Crippen molar-refractivity contribution in [1.82, 2.24) is 0 Å². The van der Waals surface area contributed by atoms with E-state index in [0.717, 1.165) is 22.6 Å². The Labute approximate surface area is 195 Å². The molecule has 3 aromatic carbocycles. The Bertz CT molecular complexity index is 1110. The first kappa shape index (κ1) is 23.9. The third kappa shape index (κ3) is 6.16. The molecule has 0 unspecified atom stereocenters. The summed E-state index contributed by atoms with van der Waals surface area (Å²) in [5.74, 6) is 2.91. The van der Waals surface area contributed by atoms with E-state index in [4.69, 9.17) is 18.9 Å². The number of ketones is 1. The van der Waals surface area contributed by atoms with Gasteiger partial charge in [0.15, 0.2) is 5.78 Å². The van der Waals surface area contributed by atoms with Crippen molar-refractivity contribution >= 4 is 11.9 Å². The van der Waals surface area contributed by atoms with Crippen LogP contribution in [0, 0.1) is 0 Å². The van der Waals surface area contributed by atoms with Crippen LogP contribution in [0.3, 0.4) is 0 Å². The first-order valence-corrected chi connectivity index (χ1v) is 10.8. The first-order chi connectivity index (χ1) is 15.9. The van der Waals surface area contributed by atoms with Crippen LogP contribution in [-0.2, 0) is 6.61 Å². The van der Waals surface area contributed by atoms with Gasteiger partial charge in [0, 0.05) is 5.56 Å². The number of carbonyl (C=O) groups excluding carboxylic acids is 1. The molecule has 3 rings (SSSR count). The second kappa shape index (κ2) is 11.2. The minimum atomic E-state index is -0.176. The fraction of sp³-hybridized carbons (Fsp3) is 0.250. The summed E-state index contributed by atoms with van der Waals surface area (Å²) < 4.78 is 22.0. The molecule has 5 nitrogen and oxygen atoms in total. The highest BCUT2D eigenvalue weighted by atomic mass is 16.5. The second-order valence-corrected chi connectivity index (χ2v) is 7.85. The number of hydrogen-bond acceptors (Lipinski definition) is 5. The van der Waals surface area contributed by atoms with Gasteiger partial charge in [-0.05, 0) is 65.6 Å². The molecule has 0 spiro atoms. The van der Waals surface area contributed by atoms with Crippen molar-refractivity contribution in [2.24, 2.45) is 0 Å².